The maximum absolute atomic E-state index is 13.1. The average Bonchev–Trinajstić information content (AvgIpc) is 2.35. The van der Waals surface area contributed by atoms with Crippen molar-refractivity contribution in [1.82, 2.24) is 5.32 Å². The van der Waals surface area contributed by atoms with Gasteiger partial charge in [-0.15, -0.1) is 0 Å². The quantitative estimate of drug-likeness (QED) is 0.767. The van der Waals surface area contributed by atoms with Gasteiger partial charge in [0.15, 0.2) is 18.2 Å². The summed E-state index contributed by atoms with van der Waals surface area (Å²) in [6.07, 6.45) is 0. The second kappa shape index (κ2) is 6.37. The molecule has 0 aliphatic heterocycles. The molecule has 1 aromatic carbocycles. The standard InChI is InChI=1S/C11H11F4NO3/c12-7-1-2-9(8(13)3-7)19-4-10(18)16-5-11(14,15)6-17/h1-3,17H,4-6H2,(H,16,18). The van der Waals surface area contributed by atoms with Crippen LogP contribution in [-0.4, -0.2) is 36.7 Å². The molecule has 2 N–H and O–H groups in total. The lowest BCUT2D eigenvalue weighted by atomic mass is 10.3. The SMILES string of the molecule is O=C(COc1ccc(F)cc1F)NCC(F)(F)CO. The van der Waals surface area contributed by atoms with Crippen LogP contribution in [0.3, 0.4) is 0 Å². The van der Waals surface area contributed by atoms with Crippen LogP contribution in [0.5, 0.6) is 5.75 Å². The summed E-state index contributed by atoms with van der Waals surface area (Å²) in [6, 6.07) is 2.46. The van der Waals surface area contributed by atoms with Crippen LogP contribution in [0.4, 0.5) is 17.6 Å². The first kappa shape index (κ1) is 15.2. The van der Waals surface area contributed by atoms with E-state index in [1.54, 1.807) is 5.32 Å². The molecule has 0 radical (unpaired) electrons. The lowest BCUT2D eigenvalue weighted by Gasteiger charge is -2.14. The molecule has 1 amide bonds. The van der Waals surface area contributed by atoms with Crippen molar-refractivity contribution in [2.45, 2.75) is 5.92 Å². The molecule has 106 valence electrons. The highest BCUT2D eigenvalue weighted by atomic mass is 19.3. The zero-order valence-electron chi connectivity index (χ0n) is 9.63. The maximum atomic E-state index is 13.1. The summed E-state index contributed by atoms with van der Waals surface area (Å²) in [5, 5.41) is 10.1. The minimum atomic E-state index is -3.43. The molecule has 1 rings (SSSR count). The van der Waals surface area contributed by atoms with E-state index in [1.807, 2.05) is 0 Å². The monoisotopic (exact) mass is 281 g/mol. The van der Waals surface area contributed by atoms with E-state index in [9.17, 15) is 22.4 Å². The van der Waals surface area contributed by atoms with Gasteiger partial charge in [-0.25, -0.2) is 17.6 Å². The molecule has 0 aliphatic rings. The highest BCUT2D eigenvalue weighted by Gasteiger charge is 2.28. The Kier molecular flexibility index (Phi) is 5.11. The molecule has 0 spiro atoms. The average molecular weight is 281 g/mol. The largest absolute Gasteiger partial charge is 0.481 e. The molecule has 0 fully saturated rings. The molecule has 0 atom stereocenters. The van der Waals surface area contributed by atoms with Crippen LogP contribution in [0.25, 0.3) is 0 Å². The zero-order valence-corrected chi connectivity index (χ0v) is 9.63. The molecule has 1 aromatic rings. The van der Waals surface area contributed by atoms with Crippen molar-refractivity contribution in [1.29, 1.82) is 0 Å². The van der Waals surface area contributed by atoms with E-state index >= 15 is 0 Å². The predicted octanol–water partition coefficient (Wildman–Crippen LogP) is 1.09. The van der Waals surface area contributed by atoms with E-state index in [1.165, 1.54) is 0 Å². The Hall–Kier alpha value is -1.83. The van der Waals surface area contributed by atoms with E-state index < -0.39 is 43.2 Å². The molecule has 4 nitrogen and oxygen atoms in total. The second-order valence-electron chi connectivity index (χ2n) is 3.65. The third-order valence-electron chi connectivity index (χ3n) is 2.03. The maximum Gasteiger partial charge on any atom is 0.287 e. The summed E-state index contributed by atoms with van der Waals surface area (Å²) in [5.41, 5.74) is 0. The minimum absolute atomic E-state index is 0.370. The fourth-order valence-electron chi connectivity index (χ4n) is 1.07. The molecule has 0 heterocycles. The number of rotatable bonds is 6. The van der Waals surface area contributed by atoms with E-state index in [0.717, 1.165) is 12.1 Å². The molecule has 0 aromatic heterocycles. The first-order chi connectivity index (χ1) is 8.84. The van der Waals surface area contributed by atoms with Crippen molar-refractivity contribution in [3.05, 3.63) is 29.8 Å². The number of ether oxygens (including phenoxy) is 1. The van der Waals surface area contributed by atoms with E-state index in [4.69, 9.17) is 9.84 Å². The topological polar surface area (TPSA) is 58.6 Å². The molecular formula is C11H11F4NO3. The number of benzene rings is 1. The van der Waals surface area contributed by atoms with Crippen LogP contribution in [0.15, 0.2) is 18.2 Å². The lowest BCUT2D eigenvalue weighted by Crippen LogP contribution is -2.40. The van der Waals surface area contributed by atoms with Gasteiger partial charge >= 0.3 is 0 Å². The van der Waals surface area contributed by atoms with Crippen molar-refractivity contribution in [2.24, 2.45) is 0 Å². The third-order valence-corrected chi connectivity index (χ3v) is 2.03. The van der Waals surface area contributed by atoms with Gasteiger partial charge in [-0.05, 0) is 12.1 Å². The van der Waals surface area contributed by atoms with Crippen LogP contribution < -0.4 is 10.1 Å². The fraction of sp³-hybridized carbons (Fsp3) is 0.364. The number of carbonyl (C=O) groups excluding carboxylic acids is 1. The van der Waals surface area contributed by atoms with Crippen LogP contribution >= 0.6 is 0 Å². The first-order valence-corrected chi connectivity index (χ1v) is 5.17. The summed E-state index contributed by atoms with van der Waals surface area (Å²) in [7, 11) is 0. The Morgan fingerprint density at radius 1 is 1.37 bits per heavy atom. The molecule has 19 heavy (non-hydrogen) atoms. The molecule has 0 unspecified atom stereocenters. The van der Waals surface area contributed by atoms with Crippen LogP contribution in [0, 0.1) is 11.6 Å². The minimum Gasteiger partial charge on any atom is -0.481 e. The number of aliphatic hydroxyl groups is 1. The summed E-state index contributed by atoms with van der Waals surface area (Å²) in [6.45, 7) is -3.16. The van der Waals surface area contributed by atoms with Crippen molar-refractivity contribution in [3.8, 4) is 5.75 Å². The number of halogens is 4. The van der Waals surface area contributed by atoms with E-state index in [2.05, 4.69) is 0 Å². The smallest absolute Gasteiger partial charge is 0.287 e. The van der Waals surface area contributed by atoms with Crippen molar-refractivity contribution in [2.75, 3.05) is 19.8 Å². The van der Waals surface area contributed by atoms with Crippen LogP contribution in [-0.2, 0) is 4.79 Å². The number of alkyl halides is 2. The lowest BCUT2D eigenvalue weighted by molar-refractivity contribution is -0.126. The van der Waals surface area contributed by atoms with Crippen molar-refractivity contribution >= 4 is 5.91 Å². The Balaban J connectivity index is 2.42. The van der Waals surface area contributed by atoms with Gasteiger partial charge in [0.05, 0.1) is 6.54 Å². The highest BCUT2D eigenvalue weighted by molar-refractivity contribution is 5.77. The first-order valence-electron chi connectivity index (χ1n) is 5.17. The van der Waals surface area contributed by atoms with Gasteiger partial charge < -0.3 is 15.2 Å². The van der Waals surface area contributed by atoms with Gasteiger partial charge in [-0.1, -0.05) is 0 Å². The number of carbonyl (C=O) groups is 1. The van der Waals surface area contributed by atoms with Crippen molar-refractivity contribution in [3.63, 3.8) is 0 Å². The van der Waals surface area contributed by atoms with Crippen molar-refractivity contribution < 1.29 is 32.2 Å². The van der Waals surface area contributed by atoms with Crippen LogP contribution in [0.2, 0.25) is 0 Å². The second-order valence-corrected chi connectivity index (χ2v) is 3.65. The van der Waals surface area contributed by atoms with Gasteiger partial charge in [-0.3, -0.25) is 4.79 Å². The number of amides is 1. The third kappa shape index (κ3) is 5.12. The summed E-state index contributed by atoms with van der Waals surface area (Å²) < 4.78 is 55.5. The number of hydrogen-bond acceptors (Lipinski definition) is 3. The molecule has 0 aliphatic carbocycles. The molecular weight excluding hydrogens is 270 g/mol. The normalized spacial score (nSPS) is 11.2. The van der Waals surface area contributed by atoms with Gasteiger partial charge in [-0.2, -0.15) is 0 Å². The van der Waals surface area contributed by atoms with Gasteiger partial charge in [0.25, 0.3) is 11.8 Å². The van der Waals surface area contributed by atoms with E-state index in [0.29, 0.717) is 6.07 Å². The Labute approximate surface area is 106 Å². The summed E-state index contributed by atoms with van der Waals surface area (Å²) in [4.78, 5) is 11.1. The Morgan fingerprint density at radius 2 is 2.05 bits per heavy atom. The number of hydrogen-bond donors (Lipinski definition) is 2. The zero-order chi connectivity index (χ0) is 14.5. The van der Waals surface area contributed by atoms with E-state index in [-0.39, 0.29) is 5.75 Å². The molecule has 0 saturated heterocycles. The highest BCUT2D eigenvalue weighted by Crippen LogP contribution is 2.17. The molecule has 0 saturated carbocycles. The fourth-order valence-corrected chi connectivity index (χ4v) is 1.07. The van der Waals surface area contributed by atoms with Crippen LogP contribution in [0.1, 0.15) is 0 Å². The number of aliphatic hydroxyl groups excluding tert-OH is 1. The Morgan fingerprint density at radius 3 is 2.63 bits per heavy atom. The molecule has 8 heteroatoms. The predicted molar refractivity (Wildman–Crippen MR) is 56.9 cm³/mol. The summed E-state index contributed by atoms with van der Waals surface area (Å²) in [5.74, 6) is -6.54. The molecule has 0 bridgehead atoms. The van der Waals surface area contributed by atoms with Gasteiger partial charge in [0, 0.05) is 6.07 Å². The summed E-state index contributed by atoms with van der Waals surface area (Å²) >= 11 is 0. The Bertz CT molecular complexity index is 454. The number of nitrogens with one attached hydrogen (secondary N) is 1. The van der Waals surface area contributed by atoms with Gasteiger partial charge in [0.2, 0.25) is 0 Å². The van der Waals surface area contributed by atoms with Gasteiger partial charge in [0.1, 0.15) is 12.4 Å².